The van der Waals surface area contributed by atoms with Crippen molar-refractivity contribution in [2.75, 3.05) is 14.2 Å². The van der Waals surface area contributed by atoms with Crippen molar-refractivity contribution in [2.45, 2.75) is 37.3 Å². The Balaban J connectivity index is 1.52. The molecule has 4 atom stereocenters. The van der Waals surface area contributed by atoms with Crippen molar-refractivity contribution in [1.82, 2.24) is 5.32 Å². The van der Waals surface area contributed by atoms with Gasteiger partial charge in [0.25, 0.3) is 0 Å². The van der Waals surface area contributed by atoms with Crippen LogP contribution in [0.25, 0.3) is 6.08 Å². The summed E-state index contributed by atoms with van der Waals surface area (Å²) in [5.74, 6) is 0.694. The summed E-state index contributed by atoms with van der Waals surface area (Å²) in [5, 5.41) is 3.11. The molecule has 5 rings (SSSR count). The minimum absolute atomic E-state index is 0.0811. The van der Waals surface area contributed by atoms with E-state index in [1.54, 1.807) is 38.5 Å². The van der Waals surface area contributed by atoms with Crippen molar-refractivity contribution >= 4 is 17.8 Å². The molecule has 1 saturated carbocycles. The van der Waals surface area contributed by atoms with E-state index in [1.165, 1.54) is 6.08 Å². The monoisotopic (exact) mass is 433 g/mol. The van der Waals surface area contributed by atoms with E-state index in [-0.39, 0.29) is 23.5 Å². The second-order valence-corrected chi connectivity index (χ2v) is 8.72. The molecule has 2 aromatic rings. The Morgan fingerprint density at radius 1 is 1.16 bits per heavy atom. The van der Waals surface area contributed by atoms with Gasteiger partial charge in [-0.3, -0.25) is 9.59 Å². The highest BCUT2D eigenvalue weighted by molar-refractivity contribution is 6.10. The summed E-state index contributed by atoms with van der Waals surface area (Å²) < 4.78 is 17.1. The van der Waals surface area contributed by atoms with Gasteiger partial charge in [0.1, 0.15) is 23.2 Å². The SMILES string of the molecule is COc1ccc(OC)c(/C=C/C(=O)C2C(=O)NC34CCCCC3C2c2ccccc2O4)c1. The number of ketones is 1. The average molecular weight is 434 g/mol. The Labute approximate surface area is 187 Å². The van der Waals surface area contributed by atoms with Gasteiger partial charge in [-0.15, -0.1) is 0 Å². The van der Waals surface area contributed by atoms with Gasteiger partial charge in [-0.05, 0) is 54.8 Å². The third-order valence-electron chi connectivity index (χ3n) is 7.06. The highest BCUT2D eigenvalue weighted by Gasteiger charge is 2.60. The molecule has 4 unspecified atom stereocenters. The molecule has 2 aliphatic heterocycles. The van der Waals surface area contributed by atoms with E-state index in [0.29, 0.717) is 11.5 Å². The second-order valence-electron chi connectivity index (χ2n) is 8.72. The number of benzene rings is 2. The molecule has 3 aliphatic rings. The number of carbonyl (C=O) groups excluding carboxylic acids is 2. The number of rotatable bonds is 5. The number of hydrogen-bond acceptors (Lipinski definition) is 5. The summed E-state index contributed by atoms with van der Waals surface area (Å²) in [6.07, 6.45) is 6.96. The maximum absolute atomic E-state index is 13.5. The van der Waals surface area contributed by atoms with E-state index in [9.17, 15) is 9.59 Å². The van der Waals surface area contributed by atoms with Crippen molar-refractivity contribution in [2.24, 2.45) is 11.8 Å². The number of carbonyl (C=O) groups is 2. The quantitative estimate of drug-likeness (QED) is 0.568. The van der Waals surface area contributed by atoms with Gasteiger partial charge in [0.05, 0.1) is 14.2 Å². The van der Waals surface area contributed by atoms with Crippen molar-refractivity contribution in [3.63, 3.8) is 0 Å². The Kier molecular flexibility index (Phi) is 5.16. The van der Waals surface area contributed by atoms with Crippen LogP contribution in [0.2, 0.25) is 0 Å². The molecule has 166 valence electrons. The van der Waals surface area contributed by atoms with Crippen molar-refractivity contribution < 1.29 is 23.8 Å². The van der Waals surface area contributed by atoms with Crippen LogP contribution < -0.4 is 19.5 Å². The molecule has 6 heteroatoms. The molecule has 6 nitrogen and oxygen atoms in total. The normalized spacial score (nSPS) is 28.2. The fourth-order valence-electron chi connectivity index (χ4n) is 5.62. The van der Waals surface area contributed by atoms with Gasteiger partial charge in [-0.1, -0.05) is 24.6 Å². The molecule has 32 heavy (non-hydrogen) atoms. The lowest BCUT2D eigenvalue weighted by atomic mass is 9.61. The van der Waals surface area contributed by atoms with Crippen molar-refractivity contribution in [3.8, 4) is 17.2 Å². The highest BCUT2D eigenvalue weighted by atomic mass is 16.5. The molecular weight excluding hydrogens is 406 g/mol. The second kappa shape index (κ2) is 8.01. The molecular formula is C26H27NO5. The molecule has 0 radical (unpaired) electrons. The van der Waals surface area contributed by atoms with Crippen molar-refractivity contribution in [3.05, 3.63) is 59.7 Å². The highest BCUT2D eigenvalue weighted by Crippen LogP contribution is 2.55. The molecule has 1 saturated heterocycles. The van der Waals surface area contributed by atoms with Crippen LogP contribution >= 0.6 is 0 Å². The minimum Gasteiger partial charge on any atom is -0.497 e. The molecule has 1 N–H and O–H groups in total. The molecule has 2 heterocycles. The van der Waals surface area contributed by atoms with E-state index in [4.69, 9.17) is 14.2 Å². The minimum atomic E-state index is -0.788. The van der Waals surface area contributed by atoms with Crippen molar-refractivity contribution in [1.29, 1.82) is 0 Å². The Hall–Kier alpha value is -3.28. The maximum Gasteiger partial charge on any atom is 0.234 e. The van der Waals surface area contributed by atoms with Gasteiger partial charge in [0.2, 0.25) is 5.91 Å². The number of para-hydroxylation sites is 1. The van der Waals surface area contributed by atoms with Crippen LogP contribution in [0, 0.1) is 11.8 Å². The summed E-state index contributed by atoms with van der Waals surface area (Å²) in [6.45, 7) is 0. The van der Waals surface area contributed by atoms with Crippen LogP contribution in [0.4, 0.5) is 0 Å². The summed E-state index contributed by atoms with van der Waals surface area (Å²) in [5.41, 5.74) is 0.969. The van der Waals surface area contributed by atoms with Gasteiger partial charge < -0.3 is 19.5 Å². The third-order valence-corrected chi connectivity index (χ3v) is 7.06. The molecule has 0 spiro atoms. The van der Waals surface area contributed by atoms with Gasteiger partial charge >= 0.3 is 0 Å². The molecule has 0 aromatic heterocycles. The number of amides is 1. The largest absolute Gasteiger partial charge is 0.497 e. The third kappa shape index (κ3) is 3.25. The summed E-state index contributed by atoms with van der Waals surface area (Å²) in [7, 11) is 3.17. The number of allylic oxidation sites excluding steroid dienone is 1. The van der Waals surface area contributed by atoms with Crippen LogP contribution in [-0.2, 0) is 9.59 Å². The Morgan fingerprint density at radius 2 is 2.00 bits per heavy atom. The first-order valence-corrected chi connectivity index (χ1v) is 11.1. The number of methoxy groups -OCH3 is 2. The van der Waals surface area contributed by atoms with Crippen LogP contribution in [-0.4, -0.2) is 31.6 Å². The zero-order chi connectivity index (χ0) is 22.3. The number of nitrogens with one attached hydrogen (secondary N) is 1. The van der Waals surface area contributed by atoms with Crippen LogP contribution in [0.5, 0.6) is 17.2 Å². The maximum atomic E-state index is 13.5. The standard InChI is InChI=1S/C26H27NO5/c1-30-17-11-13-21(31-2)16(15-17)10-12-20(28)24-23-18-7-3-4-9-22(18)32-26(27-25(24)29)14-6-5-8-19(23)26/h3-4,7,9-13,15,19,23-24H,5-6,8,14H2,1-2H3,(H,27,29)/b12-10+. The van der Waals surface area contributed by atoms with Crippen LogP contribution in [0.3, 0.4) is 0 Å². The molecule has 1 amide bonds. The Bertz CT molecular complexity index is 1090. The number of piperidine rings is 1. The Morgan fingerprint density at radius 3 is 2.81 bits per heavy atom. The van der Waals surface area contributed by atoms with Gasteiger partial charge in [0.15, 0.2) is 11.5 Å². The predicted molar refractivity (Wildman–Crippen MR) is 120 cm³/mol. The number of ether oxygens (including phenoxy) is 3. The first-order valence-electron chi connectivity index (χ1n) is 11.1. The van der Waals surface area contributed by atoms with E-state index >= 15 is 0 Å². The van der Waals surface area contributed by atoms with Gasteiger partial charge in [-0.2, -0.15) is 0 Å². The van der Waals surface area contributed by atoms with Gasteiger partial charge in [-0.25, -0.2) is 0 Å². The smallest absolute Gasteiger partial charge is 0.234 e. The lowest BCUT2D eigenvalue weighted by Crippen LogP contribution is -2.69. The molecule has 2 bridgehead atoms. The van der Waals surface area contributed by atoms with E-state index in [2.05, 4.69) is 5.32 Å². The fraction of sp³-hybridized carbons (Fsp3) is 0.385. The van der Waals surface area contributed by atoms with E-state index in [0.717, 1.165) is 42.6 Å². The fourth-order valence-corrected chi connectivity index (χ4v) is 5.62. The summed E-state index contributed by atoms with van der Waals surface area (Å²) >= 11 is 0. The number of fused-ring (bicyclic) bond motifs is 2. The molecule has 2 fully saturated rings. The van der Waals surface area contributed by atoms with Crippen LogP contribution in [0.1, 0.15) is 42.7 Å². The average Bonchev–Trinajstić information content (AvgIpc) is 2.81. The van der Waals surface area contributed by atoms with Crippen LogP contribution in [0.15, 0.2) is 48.5 Å². The molecule has 2 aromatic carbocycles. The lowest BCUT2D eigenvalue weighted by molar-refractivity contribution is -0.160. The topological polar surface area (TPSA) is 73.9 Å². The number of hydrogen-bond donors (Lipinski definition) is 1. The summed E-state index contributed by atoms with van der Waals surface area (Å²) in [6, 6.07) is 13.2. The summed E-state index contributed by atoms with van der Waals surface area (Å²) in [4.78, 5) is 26.7. The predicted octanol–water partition coefficient (Wildman–Crippen LogP) is 4.09. The van der Waals surface area contributed by atoms with E-state index in [1.807, 2.05) is 24.3 Å². The molecule has 1 aliphatic carbocycles. The first-order chi connectivity index (χ1) is 15.6. The first kappa shape index (κ1) is 20.6. The van der Waals surface area contributed by atoms with E-state index < -0.39 is 11.6 Å². The zero-order valence-electron chi connectivity index (χ0n) is 18.3. The zero-order valence-corrected chi connectivity index (χ0v) is 18.3. The lowest BCUT2D eigenvalue weighted by Gasteiger charge is -2.56. The van der Waals surface area contributed by atoms with Gasteiger partial charge in [0, 0.05) is 23.8 Å².